The molecule has 2 aliphatic heterocycles. The van der Waals surface area contributed by atoms with Gasteiger partial charge in [-0.15, -0.1) is 0 Å². The van der Waals surface area contributed by atoms with Crippen LogP contribution >= 0.6 is 0 Å². The molecule has 2 N–H and O–H groups in total. The second-order valence-electron chi connectivity index (χ2n) is 6.25. The van der Waals surface area contributed by atoms with Crippen molar-refractivity contribution < 1.29 is 9.59 Å². The highest BCUT2D eigenvalue weighted by atomic mass is 16.2. The van der Waals surface area contributed by atoms with Gasteiger partial charge in [0.15, 0.2) is 0 Å². The average Bonchev–Trinajstić information content (AvgIpc) is 3.15. The molecule has 0 aliphatic carbocycles. The molecule has 6 heteroatoms. The fraction of sp³-hybridized carbons (Fsp3) is 0.529. The molecule has 0 aromatic heterocycles. The maximum atomic E-state index is 12.3. The zero-order chi connectivity index (χ0) is 16.4. The molecule has 3 rings (SSSR count). The van der Waals surface area contributed by atoms with Gasteiger partial charge in [-0.2, -0.15) is 0 Å². The zero-order valence-corrected chi connectivity index (χ0v) is 13.8. The van der Waals surface area contributed by atoms with Crippen LogP contribution in [0.2, 0.25) is 0 Å². The van der Waals surface area contributed by atoms with E-state index in [1.807, 2.05) is 24.0 Å². The molecule has 2 aliphatic rings. The Morgan fingerprint density at radius 3 is 2.91 bits per heavy atom. The largest absolute Gasteiger partial charge is 0.374 e. The number of likely N-dealkylation sites (N-methyl/N-ethyl adjacent to an activating group) is 1. The Hall–Kier alpha value is -2.24. The minimum atomic E-state index is -0.191. The molecule has 0 radical (unpaired) electrons. The molecular formula is C17H24N4O2. The van der Waals surface area contributed by atoms with E-state index in [9.17, 15) is 9.59 Å². The number of urea groups is 1. The Bertz CT molecular complexity index is 617. The van der Waals surface area contributed by atoms with E-state index in [2.05, 4.69) is 28.6 Å². The lowest BCUT2D eigenvalue weighted by Gasteiger charge is -2.17. The maximum absolute atomic E-state index is 12.3. The van der Waals surface area contributed by atoms with Crippen molar-refractivity contribution in [3.05, 3.63) is 23.8 Å². The predicted octanol–water partition coefficient (Wildman–Crippen LogP) is 1.81. The standard InChI is InChI=1S/C17H24N4O2/c1-3-16(22)21-10-7-12(11-21)18-17(23)19-14-5-4-6-15-13(14)8-9-20(15)2/h4-6,12H,3,7-11H2,1-2H3,(H2,18,19,23)/t12-/m1/s1. The molecule has 124 valence electrons. The van der Waals surface area contributed by atoms with Gasteiger partial charge in [0.1, 0.15) is 0 Å². The number of likely N-dealkylation sites (tertiary alicyclic amines) is 1. The number of amides is 3. The number of carbonyl (C=O) groups is 2. The van der Waals surface area contributed by atoms with Crippen molar-refractivity contribution in [2.45, 2.75) is 32.2 Å². The molecule has 2 heterocycles. The van der Waals surface area contributed by atoms with E-state index in [0.29, 0.717) is 13.0 Å². The minimum absolute atomic E-state index is 0.0323. The number of fused-ring (bicyclic) bond motifs is 1. The average molecular weight is 316 g/mol. The molecule has 0 bridgehead atoms. The van der Waals surface area contributed by atoms with Gasteiger partial charge in [0.05, 0.1) is 0 Å². The first-order chi connectivity index (χ1) is 11.1. The van der Waals surface area contributed by atoms with Crippen LogP contribution in [-0.4, -0.2) is 49.6 Å². The number of hydrogen-bond acceptors (Lipinski definition) is 3. The molecule has 0 unspecified atom stereocenters. The van der Waals surface area contributed by atoms with E-state index in [1.165, 1.54) is 11.3 Å². The highest BCUT2D eigenvalue weighted by molar-refractivity contribution is 5.92. The fourth-order valence-corrected chi connectivity index (χ4v) is 3.38. The Kier molecular flexibility index (Phi) is 4.41. The summed E-state index contributed by atoms with van der Waals surface area (Å²) >= 11 is 0. The summed E-state index contributed by atoms with van der Waals surface area (Å²) in [4.78, 5) is 28.0. The first kappa shape index (κ1) is 15.6. The van der Waals surface area contributed by atoms with Gasteiger partial charge < -0.3 is 20.4 Å². The summed E-state index contributed by atoms with van der Waals surface area (Å²) < 4.78 is 0. The molecular weight excluding hydrogens is 292 g/mol. The van der Waals surface area contributed by atoms with Crippen molar-refractivity contribution in [1.82, 2.24) is 10.2 Å². The van der Waals surface area contributed by atoms with Gasteiger partial charge in [-0.05, 0) is 25.0 Å². The maximum Gasteiger partial charge on any atom is 0.319 e. The molecule has 3 amide bonds. The quantitative estimate of drug-likeness (QED) is 0.894. The topological polar surface area (TPSA) is 64.7 Å². The molecule has 0 saturated carbocycles. The van der Waals surface area contributed by atoms with Gasteiger partial charge in [-0.3, -0.25) is 4.79 Å². The number of hydrogen-bond donors (Lipinski definition) is 2. The first-order valence-electron chi connectivity index (χ1n) is 8.26. The second kappa shape index (κ2) is 6.48. The van der Waals surface area contributed by atoms with E-state index in [0.717, 1.165) is 31.6 Å². The summed E-state index contributed by atoms with van der Waals surface area (Å²) in [6.07, 6.45) is 2.28. The van der Waals surface area contributed by atoms with Crippen molar-refractivity contribution in [1.29, 1.82) is 0 Å². The predicted molar refractivity (Wildman–Crippen MR) is 90.8 cm³/mol. The number of anilines is 2. The van der Waals surface area contributed by atoms with Crippen LogP contribution in [0.3, 0.4) is 0 Å². The van der Waals surface area contributed by atoms with Crippen LogP contribution in [0, 0.1) is 0 Å². The van der Waals surface area contributed by atoms with Crippen LogP contribution in [0.25, 0.3) is 0 Å². The third-order valence-electron chi connectivity index (χ3n) is 4.69. The van der Waals surface area contributed by atoms with Crippen molar-refractivity contribution >= 4 is 23.3 Å². The van der Waals surface area contributed by atoms with Crippen LogP contribution in [0.4, 0.5) is 16.2 Å². The van der Waals surface area contributed by atoms with Crippen LogP contribution in [-0.2, 0) is 11.2 Å². The molecule has 6 nitrogen and oxygen atoms in total. The Balaban J connectivity index is 1.58. The Morgan fingerprint density at radius 2 is 2.13 bits per heavy atom. The Labute approximate surface area is 136 Å². The van der Waals surface area contributed by atoms with Gasteiger partial charge in [-0.1, -0.05) is 13.0 Å². The van der Waals surface area contributed by atoms with E-state index in [-0.39, 0.29) is 18.0 Å². The van der Waals surface area contributed by atoms with Gasteiger partial charge in [0.2, 0.25) is 5.91 Å². The summed E-state index contributed by atoms with van der Waals surface area (Å²) in [5.41, 5.74) is 3.26. The van der Waals surface area contributed by atoms with Gasteiger partial charge >= 0.3 is 6.03 Å². The van der Waals surface area contributed by atoms with Crippen molar-refractivity contribution in [2.24, 2.45) is 0 Å². The van der Waals surface area contributed by atoms with Crippen LogP contribution in [0.1, 0.15) is 25.3 Å². The van der Waals surface area contributed by atoms with Crippen molar-refractivity contribution in [3.8, 4) is 0 Å². The molecule has 1 atom stereocenters. The molecule has 1 aromatic carbocycles. The number of rotatable bonds is 3. The third kappa shape index (κ3) is 3.25. The minimum Gasteiger partial charge on any atom is -0.374 e. The number of carbonyl (C=O) groups excluding carboxylic acids is 2. The lowest BCUT2D eigenvalue weighted by molar-refractivity contribution is -0.129. The van der Waals surface area contributed by atoms with Crippen LogP contribution in [0.5, 0.6) is 0 Å². The van der Waals surface area contributed by atoms with Crippen LogP contribution in [0.15, 0.2) is 18.2 Å². The summed E-state index contributed by atoms with van der Waals surface area (Å²) in [5.74, 6) is 0.152. The highest BCUT2D eigenvalue weighted by Crippen LogP contribution is 2.32. The number of nitrogens with zero attached hydrogens (tertiary/aromatic N) is 2. The van der Waals surface area contributed by atoms with E-state index in [4.69, 9.17) is 0 Å². The summed E-state index contributed by atoms with van der Waals surface area (Å²) in [6, 6.07) is 5.83. The molecule has 1 aromatic rings. The SMILES string of the molecule is CCC(=O)N1CC[C@@H](NC(=O)Nc2cccc3c2CCN3C)C1. The highest BCUT2D eigenvalue weighted by Gasteiger charge is 2.27. The fourth-order valence-electron chi connectivity index (χ4n) is 3.38. The van der Waals surface area contributed by atoms with E-state index in [1.54, 1.807) is 0 Å². The second-order valence-corrected chi connectivity index (χ2v) is 6.25. The summed E-state index contributed by atoms with van der Waals surface area (Å²) in [6.45, 7) is 4.17. The summed E-state index contributed by atoms with van der Waals surface area (Å²) in [5, 5.41) is 5.95. The smallest absolute Gasteiger partial charge is 0.319 e. The Morgan fingerprint density at radius 1 is 1.30 bits per heavy atom. The first-order valence-corrected chi connectivity index (χ1v) is 8.26. The van der Waals surface area contributed by atoms with Gasteiger partial charge in [0, 0.05) is 56.1 Å². The molecule has 1 fully saturated rings. The molecule has 0 spiro atoms. The van der Waals surface area contributed by atoms with E-state index < -0.39 is 0 Å². The summed E-state index contributed by atoms with van der Waals surface area (Å²) in [7, 11) is 2.06. The molecule has 23 heavy (non-hydrogen) atoms. The lowest BCUT2D eigenvalue weighted by Crippen LogP contribution is -2.40. The lowest BCUT2D eigenvalue weighted by atomic mass is 10.1. The molecule has 1 saturated heterocycles. The third-order valence-corrected chi connectivity index (χ3v) is 4.69. The van der Waals surface area contributed by atoms with Gasteiger partial charge in [0.25, 0.3) is 0 Å². The van der Waals surface area contributed by atoms with E-state index >= 15 is 0 Å². The number of benzene rings is 1. The van der Waals surface area contributed by atoms with Gasteiger partial charge in [-0.25, -0.2) is 4.79 Å². The zero-order valence-electron chi connectivity index (χ0n) is 13.8. The van der Waals surface area contributed by atoms with Crippen LogP contribution < -0.4 is 15.5 Å². The van der Waals surface area contributed by atoms with Crippen molar-refractivity contribution in [2.75, 3.05) is 36.9 Å². The monoisotopic (exact) mass is 316 g/mol. The number of nitrogens with one attached hydrogen (secondary N) is 2. The normalized spacial score (nSPS) is 19.7. The van der Waals surface area contributed by atoms with Crippen molar-refractivity contribution in [3.63, 3.8) is 0 Å².